The van der Waals surface area contributed by atoms with E-state index < -0.39 is 12.6 Å². The largest absolute Gasteiger partial charge is 0.482 e. The molecule has 7 heteroatoms. The highest BCUT2D eigenvalue weighted by Gasteiger charge is 2.16. The molecule has 1 saturated heterocycles. The zero-order chi connectivity index (χ0) is 15.1. The van der Waals surface area contributed by atoms with Crippen molar-refractivity contribution in [1.29, 1.82) is 0 Å². The highest BCUT2D eigenvalue weighted by molar-refractivity contribution is 5.91. The third-order valence-corrected chi connectivity index (χ3v) is 2.91. The Bertz CT molecular complexity index is 500. The molecule has 0 bridgehead atoms. The number of rotatable bonds is 6. The van der Waals surface area contributed by atoms with Gasteiger partial charge in [-0.1, -0.05) is 6.07 Å². The predicted octanol–water partition coefficient (Wildman–Crippen LogP) is 0.467. The van der Waals surface area contributed by atoms with E-state index in [2.05, 4.69) is 10.6 Å². The fourth-order valence-electron chi connectivity index (χ4n) is 2.00. The van der Waals surface area contributed by atoms with Crippen molar-refractivity contribution in [3.05, 3.63) is 24.3 Å². The molecule has 2 rings (SSSR count). The number of carboxylic acids is 1. The predicted molar refractivity (Wildman–Crippen MR) is 75.4 cm³/mol. The first-order chi connectivity index (χ1) is 10.1. The van der Waals surface area contributed by atoms with Gasteiger partial charge in [-0.2, -0.15) is 0 Å². The number of ether oxygens (including phenoxy) is 2. The molecule has 7 nitrogen and oxygen atoms in total. The average molecular weight is 294 g/mol. The number of hydrogen-bond donors (Lipinski definition) is 3. The van der Waals surface area contributed by atoms with Gasteiger partial charge in [-0.3, -0.25) is 4.79 Å². The van der Waals surface area contributed by atoms with Crippen LogP contribution in [0.2, 0.25) is 0 Å². The molecule has 0 spiro atoms. The topological polar surface area (TPSA) is 96.9 Å². The molecule has 1 unspecified atom stereocenters. The van der Waals surface area contributed by atoms with Crippen LogP contribution in [-0.4, -0.2) is 49.4 Å². The normalized spacial score (nSPS) is 18.0. The van der Waals surface area contributed by atoms with Crippen LogP contribution in [0.5, 0.6) is 5.75 Å². The lowest BCUT2D eigenvalue weighted by Crippen LogP contribution is -2.43. The number of aliphatic carboxylic acids is 1. The highest BCUT2D eigenvalue weighted by atomic mass is 16.5. The van der Waals surface area contributed by atoms with E-state index in [1.54, 1.807) is 24.3 Å². The highest BCUT2D eigenvalue weighted by Crippen LogP contribution is 2.17. The van der Waals surface area contributed by atoms with Crippen LogP contribution < -0.4 is 15.4 Å². The number of anilines is 1. The maximum Gasteiger partial charge on any atom is 0.341 e. The van der Waals surface area contributed by atoms with Gasteiger partial charge in [0.25, 0.3) is 0 Å². The van der Waals surface area contributed by atoms with E-state index in [9.17, 15) is 9.59 Å². The van der Waals surface area contributed by atoms with E-state index in [1.807, 2.05) is 0 Å². The molecule has 0 aliphatic carbocycles. The minimum atomic E-state index is -1.05. The second-order valence-electron chi connectivity index (χ2n) is 4.69. The first-order valence-electron chi connectivity index (χ1n) is 6.69. The number of morpholine rings is 1. The molecule has 1 aliphatic heterocycles. The minimum absolute atomic E-state index is 0.0187. The van der Waals surface area contributed by atoms with Gasteiger partial charge in [0.05, 0.1) is 13.2 Å². The maximum atomic E-state index is 11.9. The van der Waals surface area contributed by atoms with E-state index in [4.69, 9.17) is 14.6 Å². The van der Waals surface area contributed by atoms with Crippen LogP contribution in [0.3, 0.4) is 0 Å². The van der Waals surface area contributed by atoms with Gasteiger partial charge in [-0.15, -0.1) is 0 Å². The molecular formula is C14H18N2O5. The molecular weight excluding hydrogens is 276 g/mol. The Kier molecular flexibility index (Phi) is 5.53. The van der Waals surface area contributed by atoms with Gasteiger partial charge in [-0.25, -0.2) is 4.79 Å². The van der Waals surface area contributed by atoms with E-state index in [0.29, 0.717) is 31.1 Å². The van der Waals surface area contributed by atoms with Crippen LogP contribution in [0.4, 0.5) is 5.69 Å². The van der Waals surface area contributed by atoms with Crippen molar-refractivity contribution in [3.8, 4) is 5.75 Å². The monoisotopic (exact) mass is 294 g/mol. The number of carbonyl (C=O) groups is 2. The number of carboxylic acid groups (broad SMARTS) is 1. The molecule has 1 aromatic rings. The first kappa shape index (κ1) is 15.3. The van der Waals surface area contributed by atoms with Gasteiger partial charge in [0.2, 0.25) is 5.91 Å². The molecule has 1 fully saturated rings. The Morgan fingerprint density at radius 3 is 3.05 bits per heavy atom. The summed E-state index contributed by atoms with van der Waals surface area (Å²) in [6.07, 6.45) is 0.320. The van der Waals surface area contributed by atoms with E-state index in [0.717, 1.165) is 6.54 Å². The molecule has 21 heavy (non-hydrogen) atoms. The summed E-state index contributed by atoms with van der Waals surface area (Å²) in [5.41, 5.74) is 0.569. The van der Waals surface area contributed by atoms with E-state index in [1.165, 1.54) is 0 Å². The van der Waals surface area contributed by atoms with Crippen molar-refractivity contribution in [2.45, 2.75) is 12.5 Å². The van der Waals surface area contributed by atoms with Gasteiger partial charge in [-0.05, 0) is 12.1 Å². The summed E-state index contributed by atoms with van der Waals surface area (Å²) in [7, 11) is 0. The average Bonchev–Trinajstić information content (AvgIpc) is 2.46. The van der Waals surface area contributed by atoms with Crippen LogP contribution in [-0.2, 0) is 14.3 Å². The number of benzene rings is 1. The fourth-order valence-corrected chi connectivity index (χ4v) is 2.00. The Morgan fingerprint density at radius 2 is 2.33 bits per heavy atom. The minimum Gasteiger partial charge on any atom is -0.482 e. The van der Waals surface area contributed by atoms with Crippen LogP contribution in [0.1, 0.15) is 6.42 Å². The molecule has 114 valence electrons. The molecule has 1 aromatic carbocycles. The third-order valence-electron chi connectivity index (χ3n) is 2.91. The lowest BCUT2D eigenvalue weighted by atomic mass is 10.2. The standard InChI is InChI=1S/C14H18N2O5/c17-13(7-11-8-20-5-4-15-11)16-10-2-1-3-12(6-10)21-9-14(18)19/h1-3,6,11,15H,4-5,7-9H2,(H,16,17)(H,18,19). The first-order valence-corrected chi connectivity index (χ1v) is 6.69. The van der Waals surface area contributed by atoms with Gasteiger partial charge in [0.15, 0.2) is 6.61 Å². The molecule has 1 atom stereocenters. The number of carbonyl (C=O) groups excluding carboxylic acids is 1. The van der Waals surface area contributed by atoms with Crippen LogP contribution >= 0.6 is 0 Å². The Hall–Kier alpha value is -2.12. The summed E-state index contributed by atoms with van der Waals surface area (Å²) in [6.45, 7) is 1.52. The third kappa shape index (κ3) is 5.41. The van der Waals surface area contributed by atoms with Gasteiger partial charge < -0.3 is 25.2 Å². The number of nitrogens with one attached hydrogen (secondary N) is 2. The van der Waals surface area contributed by atoms with Crippen LogP contribution in [0.25, 0.3) is 0 Å². The quantitative estimate of drug-likeness (QED) is 0.705. The van der Waals surface area contributed by atoms with Gasteiger partial charge in [0, 0.05) is 30.8 Å². The van der Waals surface area contributed by atoms with Crippen molar-refractivity contribution < 1.29 is 24.2 Å². The second-order valence-corrected chi connectivity index (χ2v) is 4.69. The fraction of sp³-hybridized carbons (Fsp3) is 0.429. The van der Waals surface area contributed by atoms with Crippen molar-refractivity contribution in [1.82, 2.24) is 5.32 Å². The molecule has 0 radical (unpaired) electrons. The van der Waals surface area contributed by atoms with Crippen LogP contribution in [0.15, 0.2) is 24.3 Å². The molecule has 0 aromatic heterocycles. The molecule has 1 aliphatic rings. The summed E-state index contributed by atoms with van der Waals surface area (Å²) in [5.74, 6) is -0.782. The van der Waals surface area contributed by atoms with E-state index >= 15 is 0 Å². The van der Waals surface area contributed by atoms with Crippen molar-refractivity contribution in [2.24, 2.45) is 0 Å². The summed E-state index contributed by atoms with van der Waals surface area (Å²) in [4.78, 5) is 22.4. The number of hydrogen-bond acceptors (Lipinski definition) is 5. The summed E-state index contributed by atoms with van der Waals surface area (Å²) >= 11 is 0. The number of amides is 1. The molecule has 1 amide bonds. The SMILES string of the molecule is O=C(O)COc1cccc(NC(=O)CC2COCCN2)c1. The molecule has 3 N–H and O–H groups in total. The van der Waals surface area contributed by atoms with Crippen molar-refractivity contribution >= 4 is 17.6 Å². The summed E-state index contributed by atoms with van der Waals surface area (Å²) in [6, 6.07) is 6.65. The van der Waals surface area contributed by atoms with Gasteiger partial charge in [0.1, 0.15) is 5.75 Å². The van der Waals surface area contributed by atoms with E-state index in [-0.39, 0.29) is 11.9 Å². The maximum absolute atomic E-state index is 11.9. The summed E-state index contributed by atoms with van der Waals surface area (Å²) < 4.78 is 10.3. The summed E-state index contributed by atoms with van der Waals surface area (Å²) in [5, 5.41) is 14.5. The Balaban J connectivity index is 1.85. The van der Waals surface area contributed by atoms with Gasteiger partial charge >= 0.3 is 5.97 Å². The molecule has 0 saturated carbocycles. The zero-order valence-corrected chi connectivity index (χ0v) is 11.5. The zero-order valence-electron chi connectivity index (χ0n) is 11.5. The van der Waals surface area contributed by atoms with Crippen LogP contribution in [0, 0.1) is 0 Å². The lowest BCUT2D eigenvalue weighted by Gasteiger charge is -2.23. The lowest BCUT2D eigenvalue weighted by molar-refractivity contribution is -0.139. The second kappa shape index (κ2) is 7.61. The van der Waals surface area contributed by atoms with Crippen molar-refractivity contribution in [3.63, 3.8) is 0 Å². The Morgan fingerprint density at radius 1 is 1.48 bits per heavy atom. The Labute approximate surface area is 122 Å². The van der Waals surface area contributed by atoms with Crippen molar-refractivity contribution in [2.75, 3.05) is 31.7 Å². The molecule has 1 heterocycles. The smallest absolute Gasteiger partial charge is 0.341 e.